The van der Waals surface area contributed by atoms with Gasteiger partial charge in [0.1, 0.15) is 0 Å². The first kappa shape index (κ1) is 22.8. The van der Waals surface area contributed by atoms with Crippen LogP contribution in [0.25, 0.3) is 56.2 Å². The summed E-state index contributed by atoms with van der Waals surface area (Å²) in [4.78, 5) is 14.2. The van der Waals surface area contributed by atoms with E-state index in [2.05, 4.69) is 71.7 Å². The van der Waals surface area contributed by atoms with Gasteiger partial charge in [-0.2, -0.15) is 0 Å². The fourth-order valence-electron chi connectivity index (χ4n) is 4.35. The highest BCUT2D eigenvalue weighted by Gasteiger charge is 2.12. The zero-order valence-electron chi connectivity index (χ0n) is 19.9. The third-order valence-electron chi connectivity index (χ3n) is 6.25. The van der Waals surface area contributed by atoms with Crippen molar-refractivity contribution in [1.29, 1.82) is 0 Å². The van der Waals surface area contributed by atoms with Crippen LogP contribution in [-0.2, 0) is 0 Å². The Morgan fingerprint density at radius 1 is 0.432 bits per heavy atom. The zero-order valence-corrected chi connectivity index (χ0v) is 20.7. The number of aromatic nitrogens is 3. The summed E-state index contributed by atoms with van der Waals surface area (Å²) in [6.45, 7) is 0. The quantitative estimate of drug-likeness (QED) is 0.240. The van der Waals surface area contributed by atoms with Crippen LogP contribution < -0.4 is 0 Å². The van der Waals surface area contributed by atoms with Gasteiger partial charge in [0.25, 0.3) is 0 Å². The molecule has 0 aliphatic carbocycles. The molecular formula is C33H22ClN3. The smallest absolute Gasteiger partial charge is 0.160 e. The second kappa shape index (κ2) is 10.2. The Morgan fingerprint density at radius 3 is 1.78 bits per heavy atom. The van der Waals surface area contributed by atoms with Crippen LogP contribution in [0.4, 0.5) is 0 Å². The Hall–Kier alpha value is -4.60. The van der Waals surface area contributed by atoms with Gasteiger partial charge in [0, 0.05) is 34.1 Å². The number of rotatable bonds is 5. The van der Waals surface area contributed by atoms with Gasteiger partial charge in [0.15, 0.2) is 5.82 Å². The van der Waals surface area contributed by atoms with Crippen molar-refractivity contribution in [2.24, 2.45) is 0 Å². The van der Waals surface area contributed by atoms with Crippen molar-refractivity contribution in [2.75, 3.05) is 0 Å². The van der Waals surface area contributed by atoms with Crippen molar-refractivity contribution in [2.45, 2.75) is 0 Å². The SMILES string of the molecule is Clc1cccc(-c2cccc(-c3cc(-c4ccc(-c5cccnc5)cc4)nc(-c4ccccc4)n3)c2)c1. The van der Waals surface area contributed by atoms with E-state index in [1.54, 1.807) is 6.20 Å². The summed E-state index contributed by atoms with van der Waals surface area (Å²) in [7, 11) is 0. The van der Waals surface area contributed by atoms with Gasteiger partial charge >= 0.3 is 0 Å². The lowest BCUT2D eigenvalue weighted by molar-refractivity contribution is 1.18. The minimum atomic E-state index is 0.692. The summed E-state index contributed by atoms with van der Waals surface area (Å²) in [6.07, 6.45) is 3.66. The van der Waals surface area contributed by atoms with E-state index in [1.807, 2.05) is 60.8 Å². The van der Waals surface area contributed by atoms with Gasteiger partial charge < -0.3 is 0 Å². The molecule has 0 amide bonds. The fourth-order valence-corrected chi connectivity index (χ4v) is 4.54. The van der Waals surface area contributed by atoms with Crippen LogP contribution in [0.5, 0.6) is 0 Å². The lowest BCUT2D eigenvalue weighted by Gasteiger charge is -2.11. The third kappa shape index (κ3) is 5.04. The van der Waals surface area contributed by atoms with Gasteiger partial charge in [0.2, 0.25) is 0 Å². The minimum absolute atomic E-state index is 0.692. The van der Waals surface area contributed by atoms with Crippen LogP contribution in [0, 0.1) is 0 Å². The molecule has 0 N–H and O–H groups in total. The molecule has 0 aliphatic heterocycles. The molecule has 3 nitrogen and oxygen atoms in total. The maximum absolute atomic E-state index is 6.25. The molecule has 0 unspecified atom stereocenters. The van der Waals surface area contributed by atoms with Crippen molar-refractivity contribution in [3.63, 3.8) is 0 Å². The summed E-state index contributed by atoms with van der Waals surface area (Å²) in [5.41, 5.74) is 9.11. The molecule has 4 aromatic carbocycles. The van der Waals surface area contributed by atoms with Crippen LogP contribution in [0.3, 0.4) is 0 Å². The lowest BCUT2D eigenvalue weighted by atomic mass is 10.00. The number of nitrogens with zero attached hydrogens (tertiary/aromatic N) is 3. The first-order valence-electron chi connectivity index (χ1n) is 12.0. The highest BCUT2D eigenvalue weighted by molar-refractivity contribution is 6.30. The number of hydrogen-bond acceptors (Lipinski definition) is 3. The number of hydrogen-bond donors (Lipinski definition) is 0. The first-order chi connectivity index (χ1) is 18.2. The van der Waals surface area contributed by atoms with Gasteiger partial charge in [-0.05, 0) is 52.6 Å². The molecule has 37 heavy (non-hydrogen) atoms. The molecule has 0 aliphatic rings. The molecule has 4 heteroatoms. The van der Waals surface area contributed by atoms with Crippen LogP contribution >= 0.6 is 11.6 Å². The van der Waals surface area contributed by atoms with Crippen molar-refractivity contribution in [1.82, 2.24) is 15.0 Å². The zero-order chi connectivity index (χ0) is 25.0. The topological polar surface area (TPSA) is 38.7 Å². The van der Waals surface area contributed by atoms with Gasteiger partial charge in [-0.15, -0.1) is 0 Å². The molecule has 0 bridgehead atoms. The number of pyridine rings is 1. The molecule has 0 atom stereocenters. The van der Waals surface area contributed by atoms with Gasteiger partial charge in [-0.25, -0.2) is 9.97 Å². The van der Waals surface area contributed by atoms with E-state index in [0.717, 1.165) is 50.3 Å². The second-order valence-corrected chi connectivity index (χ2v) is 9.17. The van der Waals surface area contributed by atoms with Gasteiger partial charge in [0.05, 0.1) is 11.4 Å². The maximum atomic E-state index is 6.25. The molecule has 176 valence electrons. The fraction of sp³-hybridized carbons (Fsp3) is 0. The van der Waals surface area contributed by atoms with Crippen molar-refractivity contribution in [3.05, 3.63) is 139 Å². The predicted octanol–water partition coefficient (Wildman–Crippen LogP) is 8.86. The number of halogens is 1. The summed E-state index contributed by atoms with van der Waals surface area (Å²) in [5, 5.41) is 0.716. The predicted molar refractivity (Wildman–Crippen MR) is 152 cm³/mol. The molecule has 2 aromatic heterocycles. The Labute approximate surface area is 221 Å². The normalized spacial score (nSPS) is 10.8. The van der Waals surface area contributed by atoms with E-state index in [9.17, 15) is 0 Å². The molecule has 6 rings (SSSR count). The van der Waals surface area contributed by atoms with Crippen LogP contribution in [-0.4, -0.2) is 15.0 Å². The lowest BCUT2D eigenvalue weighted by Crippen LogP contribution is -1.96. The largest absolute Gasteiger partial charge is 0.264 e. The van der Waals surface area contributed by atoms with E-state index >= 15 is 0 Å². The summed E-state index contributed by atoms with van der Waals surface area (Å²) in [5.74, 6) is 0.692. The van der Waals surface area contributed by atoms with E-state index in [4.69, 9.17) is 21.6 Å². The van der Waals surface area contributed by atoms with Crippen molar-refractivity contribution in [3.8, 4) is 56.2 Å². The molecule has 2 heterocycles. The molecule has 0 saturated carbocycles. The molecule has 0 spiro atoms. The van der Waals surface area contributed by atoms with Gasteiger partial charge in [-0.1, -0.05) is 103 Å². The highest BCUT2D eigenvalue weighted by Crippen LogP contribution is 2.31. The Balaban J connectivity index is 1.45. The minimum Gasteiger partial charge on any atom is -0.264 e. The molecule has 6 aromatic rings. The van der Waals surface area contributed by atoms with E-state index in [-0.39, 0.29) is 0 Å². The third-order valence-corrected chi connectivity index (χ3v) is 6.49. The molecule has 0 radical (unpaired) electrons. The Bertz CT molecular complexity index is 1660. The van der Waals surface area contributed by atoms with E-state index in [1.165, 1.54) is 0 Å². The highest BCUT2D eigenvalue weighted by atomic mass is 35.5. The Kier molecular flexibility index (Phi) is 6.28. The summed E-state index contributed by atoms with van der Waals surface area (Å²) < 4.78 is 0. The molecule has 0 fully saturated rings. The number of benzene rings is 4. The summed E-state index contributed by atoms with van der Waals surface area (Å²) >= 11 is 6.25. The first-order valence-corrected chi connectivity index (χ1v) is 12.4. The second-order valence-electron chi connectivity index (χ2n) is 8.74. The van der Waals surface area contributed by atoms with E-state index < -0.39 is 0 Å². The van der Waals surface area contributed by atoms with Crippen LogP contribution in [0.15, 0.2) is 134 Å². The maximum Gasteiger partial charge on any atom is 0.160 e. The van der Waals surface area contributed by atoms with Crippen molar-refractivity contribution >= 4 is 11.6 Å². The summed E-state index contributed by atoms with van der Waals surface area (Å²) in [6, 6.07) is 40.9. The van der Waals surface area contributed by atoms with E-state index in [0.29, 0.717) is 10.8 Å². The monoisotopic (exact) mass is 495 g/mol. The standard InChI is InChI=1S/C33H22ClN3/c34-30-13-5-10-27(20-30)26-9-4-11-28(19-26)32-21-31(36-33(37-32)25-7-2-1-3-8-25)24-16-14-23(15-17-24)29-12-6-18-35-22-29/h1-22H. The molecule has 0 saturated heterocycles. The Morgan fingerprint density at radius 2 is 1.05 bits per heavy atom. The average molecular weight is 496 g/mol. The van der Waals surface area contributed by atoms with Crippen LogP contribution in [0.2, 0.25) is 5.02 Å². The van der Waals surface area contributed by atoms with Gasteiger partial charge in [-0.3, -0.25) is 4.98 Å². The van der Waals surface area contributed by atoms with Crippen LogP contribution in [0.1, 0.15) is 0 Å². The molecular weight excluding hydrogens is 474 g/mol. The average Bonchev–Trinajstić information content (AvgIpc) is 2.98. The van der Waals surface area contributed by atoms with Crippen molar-refractivity contribution < 1.29 is 0 Å².